The van der Waals surface area contributed by atoms with Crippen molar-refractivity contribution in [2.75, 3.05) is 6.54 Å². The first kappa shape index (κ1) is 14.5. The number of carbonyl (C=O) groups is 3. The van der Waals surface area contributed by atoms with Crippen LogP contribution in [0.2, 0.25) is 0 Å². The van der Waals surface area contributed by atoms with E-state index in [1.165, 1.54) is 19.3 Å². The van der Waals surface area contributed by atoms with Crippen LogP contribution in [-0.2, 0) is 9.59 Å². The summed E-state index contributed by atoms with van der Waals surface area (Å²) in [6.45, 7) is 2.75. The molecule has 0 aromatic carbocycles. The predicted octanol–water partition coefficient (Wildman–Crippen LogP) is 0.671. The second-order valence-corrected chi connectivity index (χ2v) is 4.48. The average molecular weight is 255 g/mol. The quantitative estimate of drug-likeness (QED) is 0.584. The Morgan fingerprint density at radius 2 is 2.00 bits per heavy atom. The molecular weight excluding hydrogens is 234 g/mol. The zero-order valence-electron chi connectivity index (χ0n) is 10.8. The van der Waals surface area contributed by atoms with Gasteiger partial charge in [0.05, 0.1) is 6.42 Å². The number of carbonyl (C=O) groups excluding carboxylic acids is 3. The van der Waals surface area contributed by atoms with E-state index in [-0.39, 0.29) is 12.3 Å². The highest BCUT2D eigenvalue weighted by Gasteiger charge is 2.28. The zero-order valence-corrected chi connectivity index (χ0v) is 10.8. The molecule has 1 heterocycles. The van der Waals surface area contributed by atoms with Crippen LogP contribution < -0.4 is 16.0 Å². The minimum Gasteiger partial charge on any atom is -0.354 e. The third-order valence-electron chi connectivity index (χ3n) is 2.84. The molecule has 0 spiro atoms. The van der Waals surface area contributed by atoms with Gasteiger partial charge in [-0.2, -0.15) is 0 Å². The molecule has 1 fully saturated rings. The molecule has 1 aliphatic rings. The van der Waals surface area contributed by atoms with Crippen LogP contribution in [0.5, 0.6) is 0 Å². The van der Waals surface area contributed by atoms with Crippen LogP contribution in [0.25, 0.3) is 0 Å². The molecule has 6 nitrogen and oxygen atoms in total. The van der Waals surface area contributed by atoms with Crippen molar-refractivity contribution in [1.82, 2.24) is 16.0 Å². The minimum atomic E-state index is -0.734. The number of hydrogen-bond donors (Lipinski definition) is 3. The van der Waals surface area contributed by atoms with Gasteiger partial charge in [0.25, 0.3) is 0 Å². The van der Waals surface area contributed by atoms with E-state index in [4.69, 9.17) is 0 Å². The van der Waals surface area contributed by atoms with Gasteiger partial charge >= 0.3 is 6.03 Å². The number of unbranched alkanes of at least 4 members (excludes halogenated alkanes) is 4. The number of urea groups is 1. The van der Waals surface area contributed by atoms with Crippen molar-refractivity contribution in [3.8, 4) is 0 Å². The van der Waals surface area contributed by atoms with E-state index in [0.717, 1.165) is 12.8 Å². The monoisotopic (exact) mass is 255 g/mol. The van der Waals surface area contributed by atoms with Crippen molar-refractivity contribution in [3.05, 3.63) is 0 Å². The highest BCUT2D eigenvalue weighted by molar-refractivity contribution is 6.02. The maximum absolute atomic E-state index is 11.7. The van der Waals surface area contributed by atoms with Crippen LogP contribution in [0.3, 0.4) is 0 Å². The summed E-state index contributed by atoms with van der Waals surface area (Å²) >= 11 is 0. The van der Waals surface area contributed by atoms with E-state index in [1.807, 2.05) is 0 Å². The summed E-state index contributed by atoms with van der Waals surface area (Å²) in [4.78, 5) is 33.8. The molecule has 6 heteroatoms. The van der Waals surface area contributed by atoms with Gasteiger partial charge in [0.15, 0.2) is 0 Å². The number of imide groups is 1. The minimum absolute atomic E-state index is 0.00735. The second kappa shape index (κ2) is 7.68. The highest BCUT2D eigenvalue weighted by atomic mass is 16.2. The van der Waals surface area contributed by atoms with E-state index in [2.05, 4.69) is 22.9 Å². The largest absolute Gasteiger partial charge is 0.354 e. The van der Waals surface area contributed by atoms with Crippen molar-refractivity contribution in [1.29, 1.82) is 0 Å². The van der Waals surface area contributed by atoms with Crippen LogP contribution in [-0.4, -0.2) is 30.4 Å². The molecule has 0 aromatic heterocycles. The van der Waals surface area contributed by atoms with E-state index in [0.29, 0.717) is 6.54 Å². The molecule has 1 aliphatic heterocycles. The molecule has 0 saturated carbocycles. The molecule has 3 N–H and O–H groups in total. The number of hydrogen-bond acceptors (Lipinski definition) is 3. The molecule has 0 aromatic rings. The molecule has 0 radical (unpaired) electrons. The summed E-state index contributed by atoms with van der Waals surface area (Å²) in [5, 5.41) is 7.25. The Morgan fingerprint density at radius 1 is 1.28 bits per heavy atom. The molecule has 0 aliphatic carbocycles. The average Bonchev–Trinajstić information content (AvgIpc) is 2.32. The lowest BCUT2D eigenvalue weighted by Crippen LogP contribution is -2.57. The molecule has 0 unspecified atom stereocenters. The fraction of sp³-hybridized carbons (Fsp3) is 0.750. The lowest BCUT2D eigenvalue weighted by molar-refractivity contribution is -0.128. The number of nitrogens with one attached hydrogen (secondary N) is 3. The van der Waals surface area contributed by atoms with E-state index < -0.39 is 18.0 Å². The summed E-state index contributed by atoms with van der Waals surface area (Å²) < 4.78 is 0. The number of rotatable bonds is 7. The first-order valence-electron chi connectivity index (χ1n) is 6.51. The fourth-order valence-corrected chi connectivity index (χ4v) is 1.83. The lowest BCUT2D eigenvalue weighted by atomic mass is 10.1. The molecule has 1 saturated heterocycles. The van der Waals surface area contributed by atoms with Crippen molar-refractivity contribution < 1.29 is 14.4 Å². The molecule has 1 rings (SSSR count). The SMILES string of the molecule is CCCCCCCNC(=O)[C@@H]1CC(=O)NC(=O)N1. The first-order chi connectivity index (χ1) is 8.63. The smallest absolute Gasteiger partial charge is 0.322 e. The van der Waals surface area contributed by atoms with E-state index in [9.17, 15) is 14.4 Å². The maximum Gasteiger partial charge on any atom is 0.322 e. The third-order valence-corrected chi connectivity index (χ3v) is 2.84. The Labute approximate surface area is 107 Å². The Morgan fingerprint density at radius 3 is 2.67 bits per heavy atom. The molecule has 18 heavy (non-hydrogen) atoms. The van der Waals surface area contributed by atoms with Crippen LogP contribution in [0.4, 0.5) is 4.79 Å². The van der Waals surface area contributed by atoms with Crippen LogP contribution >= 0.6 is 0 Å². The topological polar surface area (TPSA) is 87.3 Å². The Balaban J connectivity index is 2.16. The highest BCUT2D eigenvalue weighted by Crippen LogP contribution is 2.02. The standard InChI is InChI=1S/C12H21N3O3/c1-2-3-4-5-6-7-13-11(17)9-8-10(16)15-12(18)14-9/h9H,2-8H2,1H3,(H,13,17)(H2,14,15,16,18)/t9-/m0/s1. The molecule has 102 valence electrons. The van der Waals surface area contributed by atoms with Gasteiger partial charge in [-0.25, -0.2) is 4.79 Å². The van der Waals surface area contributed by atoms with E-state index >= 15 is 0 Å². The van der Waals surface area contributed by atoms with Gasteiger partial charge in [0.2, 0.25) is 11.8 Å². The molecular formula is C12H21N3O3. The summed E-state index contributed by atoms with van der Waals surface area (Å²) in [6.07, 6.45) is 5.61. The predicted molar refractivity (Wildman–Crippen MR) is 66.8 cm³/mol. The Bertz CT molecular complexity index is 302. The zero-order chi connectivity index (χ0) is 13.4. The van der Waals surface area contributed by atoms with Crippen LogP contribution in [0.15, 0.2) is 0 Å². The Kier molecular flexibility index (Phi) is 6.18. The van der Waals surface area contributed by atoms with Gasteiger partial charge in [-0.3, -0.25) is 14.9 Å². The Hall–Kier alpha value is -1.59. The fourth-order valence-electron chi connectivity index (χ4n) is 1.83. The van der Waals surface area contributed by atoms with Gasteiger partial charge < -0.3 is 10.6 Å². The van der Waals surface area contributed by atoms with Crippen molar-refractivity contribution in [2.24, 2.45) is 0 Å². The van der Waals surface area contributed by atoms with Gasteiger partial charge in [-0.05, 0) is 6.42 Å². The van der Waals surface area contributed by atoms with Crippen molar-refractivity contribution in [3.63, 3.8) is 0 Å². The van der Waals surface area contributed by atoms with Gasteiger partial charge in [0.1, 0.15) is 6.04 Å². The summed E-state index contributed by atoms with van der Waals surface area (Å²) in [5.41, 5.74) is 0. The number of amides is 4. The molecule has 4 amide bonds. The van der Waals surface area contributed by atoms with Crippen molar-refractivity contribution >= 4 is 17.8 Å². The summed E-state index contributed by atoms with van der Waals surface area (Å²) in [7, 11) is 0. The third kappa shape index (κ3) is 5.16. The lowest BCUT2D eigenvalue weighted by Gasteiger charge is -2.22. The van der Waals surface area contributed by atoms with Gasteiger partial charge in [0, 0.05) is 6.54 Å². The molecule has 1 atom stereocenters. The maximum atomic E-state index is 11.7. The van der Waals surface area contributed by atoms with Crippen LogP contribution in [0, 0.1) is 0 Å². The van der Waals surface area contributed by atoms with E-state index in [1.54, 1.807) is 0 Å². The van der Waals surface area contributed by atoms with Gasteiger partial charge in [-0.1, -0.05) is 32.6 Å². The second-order valence-electron chi connectivity index (χ2n) is 4.48. The van der Waals surface area contributed by atoms with Crippen molar-refractivity contribution in [2.45, 2.75) is 51.5 Å². The first-order valence-corrected chi connectivity index (χ1v) is 6.51. The normalized spacial score (nSPS) is 19.1. The summed E-state index contributed by atoms with van der Waals surface area (Å²) in [5.74, 6) is -0.699. The molecule has 0 bridgehead atoms. The van der Waals surface area contributed by atoms with Gasteiger partial charge in [-0.15, -0.1) is 0 Å². The van der Waals surface area contributed by atoms with Crippen LogP contribution in [0.1, 0.15) is 45.4 Å². The summed E-state index contributed by atoms with van der Waals surface area (Å²) in [6, 6.07) is -1.34.